The van der Waals surface area contributed by atoms with Crippen molar-refractivity contribution >= 4 is 48.4 Å². The molecule has 0 bridgehead atoms. The van der Waals surface area contributed by atoms with Gasteiger partial charge >= 0.3 is 5.97 Å². The predicted molar refractivity (Wildman–Crippen MR) is 74.2 cm³/mol. The smallest absolute Gasteiger partial charge is 0.358 e. The minimum atomic E-state index is -0.378. The number of hydrogen-bond acceptors (Lipinski definition) is 4. The molecule has 0 spiro atoms. The van der Waals surface area contributed by atoms with E-state index in [0.717, 1.165) is 19.7 Å². The number of carbonyl (C=O) groups excluding carboxylic acids is 1. The molecule has 2 heterocycles. The first-order valence-electron chi connectivity index (χ1n) is 5.44. The normalized spacial score (nSPS) is 11.2. The standard InChI is InChI=1S/C12H9BrN2O2S/c1-2-17-11(16)8-6-15-9-5-3-4-7(13)10(9)18-12(15)14-8/h3-6H,2H2,1H3. The van der Waals surface area contributed by atoms with Crippen LogP contribution in [0.3, 0.4) is 0 Å². The average Bonchev–Trinajstić information content (AvgIpc) is 2.88. The topological polar surface area (TPSA) is 43.6 Å². The summed E-state index contributed by atoms with van der Waals surface area (Å²) < 4.78 is 9.01. The zero-order chi connectivity index (χ0) is 12.7. The lowest BCUT2D eigenvalue weighted by atomic mass is 10.3. The number of thiazole rings is 1. The van der Waals surface area contributed by atoms with E-state index in [-0.39, 0.29) is 5.97 Å². The molecule has 0 amide bonds. The molecule has 0 atom stereocenters. The van der Waals surface area contributed by atoms with Gasteiger partial charge in [-0.05, 0) is 35.0 Å². The Labute approximate surface area is 115 Å². The maximum atomic E-state index is 11.6. The summed E-state index contributed by atoms with van der Waals surface area (Å²) in [6.07, 6.45) is 1.72. The fourth-order valence-electron chi connectivity index (χ4n) is 1.79. The van der Waals surface area contributed by atoms with Crippen molar-refractivity contribution < 1.29 is 9.53 Å². The van der Waals surface area contributed by atoms with Crippen LogP contribution in [0.5, 0.6) is 0 Å². The van der Waals surface area contributed by atoms with Crippen LogP contribution in [0.1, 0.15) is 17.4 Å². The molecular weight excluding hydrogens is 316 g/mol. The zero-order valence-electron chi connectivity index (χ0n) is 9.51. The second-order valence-electron chi connectivity index (χ2n) is 3.69. The Balaban J connectivity index is 2.20. The van der Waals surface area contributed by atoms with E-state index in [1.54, 1.807) is 24.5 Å². The molecule has 4 nitrogen and oxygen atoms in total. The van der Waals surface area contributed by atoms with Gasteiger partial charge in [-0.3, -0.25) is 4.40 Å². The van der Waals surface area contributed by atoms with Crippen LogP contribution in [-0.2, 0) is 4.74 Å². The summed E-state index contributed by atoms with van der Waals surface area (Å²) in [6, 6.07) is 5.95. The fourth-order valence-corrected chi connectivity index (χ4v) is 3.40. The van der Waals surface area contributed by atoms with Gasteiger partial charge in [0, 0.05) is 10.7 Å². The summed E-state index contributed by atoms with van der Waals surface area (Å²) in [5, 5.41) is 0. The highest BCUT2D eigenvalue weighted by molar-refractivity contribution is 9.10. The van der Waals surface area contributed by atoms with Crippen molar-refractivity contribution in [3.8, 4) is 0 Å². The van der Waals surface area contributed by atoms with Crippen LogP contribution in [0.4, 0.5) is 0 Å². The highest BCUT2D eigenvalue weighted by atomic mass is 79.9. The van der Waals surface area contributed by atoms with Gasteiger partial charge in [-0.15, -0.1) is 0 Å². The molecule has 18 heavy (non-hydrogen) atoms. The number of carbonyl (C=O) groups is 1. The van der Waals surface area contributed by atoms with Gasteiger partial charge in [0.1, 0.15) is 0 Å². The third-order valence-electron chi connectivity index (χ3n) is 2.56. The van der Waals surface area contributed by atoms with Gasteiger partial charge in [0.2, 0.25) is 0 Å². The molecule has 1 aromatic carbocycles. The van der Waals surface area contributed by atoms with Gasteiger partial charge in [0.05, 0.1) is 16.8 Å². The van der Waals surface area contributed by atoms with Crippen molar-refractivity contribution in [1.82, 2.24) is 9.38 Å². The van der Waals surface area contributed by atoms with Crippen molar-refractivity contribution in [3.63, 3.8) is 0 Å². The highest BCUT2D eigenvalue weighted by Gasteiger charge is 2.15. The number of imidazole rings is 1. The molecule has 92 valence electrons. The lowest BCUT2D eigenvalue weighted by molar-refractivity contribution is 0.0520. The molecule has 2 aromatic heterocycles. The second-order valence-corrected chi connectivity index (χ2v) is 5.52. The Kier molecular flexibility index (Phi) is 2.83. The number of aromatic nitrogens is 2. The maximum absolute atomic E-state index is 11.6. The molecule has 0 aliphatic heterocycles. The first-order valence-corrected chi connectivity index (χ1v) is 7.05. The van der Waals surface area contributed by atoms with Crippen LogP contribution in [0, 0.1) is 0 Å². The number of esters is 1. The van der Waals surface area contributed by atoms with E-state index in [0.29, 0.717) is 12.3 Å². The number of rotatable bonds is 2. The third-order valence-corrected chi connectivity index (χ3v) is 4.58. The summed E-state index contributed by atoms with van der Waals surface area (Å²) >= 11 is 5.05. The summed E-state index contributed by atoms with van der Waals surface area (Å²) in [5.41, 5.74) is 1.39. The Morgan fingerprint density at radius 2 is 2.39 bits per heavy atom. The van der Waals surface area contributed by atoms with Crippen LogP contribution in [-0.4, -0.2) is 22.0 Å². The lowest BCUT2D eigenvalue weighted by Gasteiger charge is -1.96. The van der Waals surface area contributed by atoms with Gasteiger partial charge in [-0.1, -0.05) is 17.4 Å². The monoisotopic (exact) mass is 324 g/mol. The fraction of sp³-hybridized carbons (Fsp3) is 0.167. The molecular formula is C12H9BrN2O2S. The molecule has 0 radical (unpaired) electrons. The highest BCUT2D eigenvalue weighted by Crippen LogP contribution is 2.32. The molecule has 0 saturated heterocycles. The Hall–Kier alpha value is -1.40. The number of benzene rings is 1. The van der Waals surface area contributed by atoms with Crippen molar-refractivity contribution in [1.29, 1.82) is 0 Å². The van der Waals surface area contributed by atoms with Crippen molar-refractivity contribution in [2.24, 2.45) is 0 Å². The Bertz CT molecular complexity index is 747. The zero-order valence-corrected chi connectivity index (χ0v) is 11.9. The predicted octanol–water partition coefficient (Wildman–Crippen LogP) is 3.49. The molecule has 0 fully saturated rings. The average molecular weight is 325 g/mol. The van der Waals surface area contributed by atoms with Gasteiger partial charge in [-0.25, -0.2) is 9.78 Å². The molecule has 3 aromatic rings. The quantitative estimate of drug-likeness (QED) is 0.678. The van der Waals surface area contributed by atoms with Crippen LogP contribution < -0.4 is 0 Å². The molecule has 0 saturated carbocycles. The molecule has 0 aliphatic carbocycles. The van der Waals surface area contributed by atoms with Gasteiger partial charge < -0.3 is 4.74 Å². The number of ether oxygens (including phenoxy) is 1. The maximum Gasteiger partial charge on any atom is 0.358 e. The van der Waals surface area contributed by atoms with Crippen molar-refractivity contribution in [2.75, 3.05) is 6.61 Å². The second kappa shape index (κ2) is 4.37. The van der Waals surface area contributed by atoms with Gasteiger partial charge in [0.15, 0.2) is 10.7 Å². The van der Waals surface area contributed by atoms with Gasteiger partial charge in [-0.2, -0.15) is 0 Å². The van der Waals surface area contributed by atoms with E-state index in [9.17, 15) is 4.79 Å². The van der Waals surface area contributed by atoms with Crippen molar-refractivity contribution in [3.05, 3.63) is 34.6 Å². The minimum absolute atomic E-state index is 0.352. The van der Waals surface area contributed by atoms with Crippen LogP contribution >= 0.6 is 27.3 Å². The molecule has 0 N–H and O–H groups in total. The van der Waals surface area contributed by atoms with Crippen molar-refractivity contribution in [2.45, 2.75) is 6.92 Å². The van der Waals surface area contributed by atoms with Crippen LogP contribution in [0.15, 0.2) is 28.9 Å². The van der Waals surface area contributed by atoms with E-state index >= 15 is 0 Å². The minimum Gasteiger partial charge on any atom is -0.461 e. The van der Waals surface area contributed by atoms with E-state index in [1.807, 2.05) is 22.6 Å². The SMILES string of the molecule is CCOC(=O)c1cn2c(n1)sc1c(Br)cccc12. The van der Waals surface area contributed by atoms with E-state index in [4.69, 9.17) is 4.74 Å². The summed E-state index contributed by atoms with van der Waals surface area (Å²) in [5.74, 6) is -0.378. The largest absolute Gasteiger partial charge is 0.461 e. The number of fused-ring (bicyclic) bond motifs is 3. The molecule has 6 heteroatoms. The number of nitrogens with zero attached hydrogens (tertiary/aromatic N) is 2. The molecule has 3 rings (SSSR count). The Morgan fingerprint density at radius 1 is 1.56 bits per heavy atom. The van der Waals surface area contributed by atoms with E-state index < -0.39 is 0 Å². The number of halogens is 1. The van der Waals surface area contributed by atoms with Crippen LogP contribution in [0.25, 0.3) is 15.2 Å². The molecule has 0 aliphatic rings. The third kappa shape index (κ3) is 1.72. The Morgan fingerprint density at radius 3 is 3.17 bits per heavy atom. The van der Waals surface area contributed by atoms with E-state index in [1.165, 1.54) is 0 Å². The van der Waals surface area contributed by atoms with Crippen LogP contribution in [0.2, 0.25) is 0 Å². The first-order chi connectivity index (χ1) is 8.70. The number of hydrogen-bond donors (Lipinski definition) is 0. The molecule has 0 unspecified atom stereocenters. The van der Waals surface area contributed by atoms with Gasteiger partial charge in [0.25, 0.3) is 0 Å². The first kappa shape index (κ1) is 11.7. The lowest BCUT2D eigenvalue weighted by Crippen LogP contribution is -2.04. The summed E-state index contributed by atoms with van der Waals surface area (Å²) in [4.78, 5) is 16.7. The van der Waals surface area contributed by atoms with E-state index in [2.05, 4.69) is 20.9 Å². The summed E-state index contributed by atoms with van der Waals surface area (Å²) in [6.45, 7) is 2.14. The summed E-state index contributed by atoms with van der Waals surface area (Å²) in [7, 11) is 0.